The highest BCUT2D eigenvalue weighted by atomic mass is 16.5. The second-order valence-corrected chi connectivity index (χ2v) is 7.59. The summed E-state index contributed by atoms with van der Waals surface area (Å²) in [5.74, 6) is 1.79. The van der Waals surface area contributed by atoms with Crippen molar-refractivity contribution in [2.24, 2.45) is 5.73 Å². The zero-order valence-electron chi connectivity index (χ0n) is 17.2. The number of benzene rings is 1. The molecule has 3 aromatic rings. The number of nitrogens with one attached hydrogen (secondary N) is 2. The van der Waals surface area contributed by atoms with Crippen LogP contribution in [0.25, 0.3) is 5.65 Å². The van der Waals surface area contributed by atoms with Crippen molar-refractivity contribution in [2.75, 3.05) is 17.2 Å². The monoisotopic (exact) mass is 394 g/mol. The topological polar surface area (TPSA) is 89.5 Å². The van der Waals surface area contributed by atoms with Gasteiger partial charge in [0.15, 0.2) is 11.5 Å². The molecule has 0 bridgehead atoms. The van der Waals surface area contributed by atoms with Crippen molar-refractivity contribution < 1.29 is 4.74 Å². The van der Waals surface area contributed by atoms with Crippen molar-refractivity contribution in [3.05, 3.63) is 42.2 Å². The Kier molecular flexibility index (Phi) is 5.85. The molecule has 1 aliphatic rings. The second kappa shape index (κ2) is 8.69. The lowest BCUT2D eigenvalue weighted by Crippen LogP contribution is -2.33. The Morgan fingerprint density at radius 3 is 2.59 bits per heavy atom. The van der Waals surface area contributed by atoms with Gasteiger partial charge in [0.2, 0.25) is 0 Å². The van der Waals surface area contributed by atoms with Crippen molar-refractivity contribution >= 4 is 22.8 Å². The lowest BCUT2D eigenvalue weighted by Gasteiger charge is -2.28. The van der Waals surface area contributed by atoms with Crippen LogP contribution < -0.4 is 21.1 Å². The molecule has 0 spiro atoms. The highest BCUT2D eigenvalue weighted by Crippen LogP contribution is 2.32. The number of anilines is 3. The Morgan fingerprint density at radius 1 is 1.14 bits per heavy atom. The maximum absolute atomic E-state index is 6.07. The molecule has 29 heavy (non-hydrogen) atoms. The first kappa shape index (κ1) is 19.5. The summed E-state index contributed by atoms with van der Waals surface area (Å²) in [4.78, 5) is 4.54. The van der Waals surface area contributed by atoms with Gasteiger partial charge in [-0.05, 0) is 63.3 Å². The molecule has 0 atom stereocenters. The van der Waals surface area contributed by atoms with Crippen LogP contribution in [0.1, 0.15) is 45.1 Å². The van der Waals surface area contributed by atoms with E-state index in [9.17, 15) is 0 Å². The highest BCUT2D eigenvalue weighted by Gasteiger charge is 2.22. The van der Waals surface area contributed by atoms with Gasteiger partial charge in [-0.1, -0.05) is 6.92 Å². The fourth-order valence-electron chi connectivity index (χ4n) is 3.97. The van der Waals surface area contributed by atoms with E-state index >= 15 is 0 Å². The molecular formula is C22H30N6O. The minimum atomic E-state index is 0.333. The van der Waals surface area contributed by atoms with Crippen molar-refractivity contribution in [2.45, 2.75) is 58.0 Å². The molecule has 154 valence electrons. The molecule has 0 radical (unpaired) electrons. The number of aromatic nitrogens is 3. The van der Waals surface area contributed by atoms with Gasteiger partial charge in [-0.3, -0.25) is 0 Å². The van der Waals surface area contributed by atoms with Crippen LogP contribution in [0.5, 0.6) is 5.75 Å². The van der Waals surface area contributed by atoms with Crippen LogP contribution in [-0.2, 0) is 6.42 Å². The third-order valence-electron chi connectivity index (χ3n) is 5.54. The van der Waals surface area contributed by atoms with Gasteiger partial charge in [-0.2, -0.15) is 0 Å². The molecule has 1 aliphatic carbocycles. The SMILES string of the molecule is CCOc1ccc(Nc2c(CC)c(NC3CCC(N)CC3)nn3ccnc23)cc1. The van der Waals surface area contributed by atoms with Crippen molar-refractivity contribution in [1.82, 2.24) is 14.6 Å². The van der Waals surface area contributed by atoms with E-state index in [-0.39, 0.29) is 0 Å². The van der Waals surface area contributed by atoms with Gasteiger partial charge in [0, 0.05) is 35.7 Å². The summed E-state index contributed by atoms with van der Waals surface area (Å²) in [6.07, 6.45) is 8.80. The van der Waals surface area contributed by atoms with Gasteiger partial charge in [0.05, 0.1) is 12.3 Å². The summed E-state index contributed by atoms with van der Waals surface area (Å²) in [6, 6.07) is 8.75. The Morgan fingerprint density at radius 2 is 1.90 bits per heavy atom. The standard InChI is InChI=1S/C22H30N6O/c1-3-19-20(25-16-9-11-18(12-10-16)29-4-2)22-24-13-14-28(22)27-21(19)26-17-7-5-15(23)6-8-17/h9-15,17,25H,3-8,23H2,1-2H3,(H,26,27). The zero-order chi connectivity index (χ0) is 20.2. The van der Waals surface area contributed by atoms with Crippen LogP contribution in [0.4, 0.5) is 17.2 Å². The minimum Gasteiger partial charge on any atom is -0.494 e. The average Bonchev–Trinajstić information content (AvgIpc) is 3.20. The summed E-state index contributed by atoms with van der Waals surface area (Å²) in [7, 11) is 0. The lowest BCUT2D eigenvalue weighted by molar-refractivity contribution is 0.340. The van der Waals surface area contributed by atoms with Crippen molar-refractivity contribution in [1.29, 1.82) is 0 Å². The van der Waals surface area contributed by atoms with Gasteiger partial charge in [-0.25, -0.2) is 9.50 Å². The molecule has 7 heteroatoms. The normalized spacial score (nSPS) is 19.3. The van der Waals surface area contributed by atoms with E-state index in [0.29, 0.717) is 18.7 Å². The summed E-state index contributed by atoms with van der Waals surface area (Å²) < 4.78 is 7.39. The van der Waals surface area contributed by atoms with E-state index in [0.717, 1.165) is 66.3 Å². The number of hydrogen-bond acceptors (Lipinski definition) is 6. The fraction of sp³-hybridized carbons (Fsp3) is 0.455. The highest BCUT2D eigenvalue weighted by molar-refractivity contribution is 5.80. The van der Waals surface area contributed by atoms with E-state index in [4.69, 9.17) is 15.6 Å². The zero-order valence-corrected chi connectivity index (χ0v) is 17.2. The van der Waals surface area contributed by atoms with Gasteiger partial charge in [0.25, 0.3) is 0 Å². The van der Waals surface area contributed by atoms with Crippen LogP contribution in [0.3, 0.4) is 0 Å². The molecule has 1 saturated carbocycles. The van der Waals surface area contributed by atoms with Crippen LogP contribution in [0.15, 0.2) is 36.7 Å². The number of nitrogens with two attached hydrogens (primary N) is 1. The smallest absolute Gasteiger partial charge is 0.177 e. The molecule has 0 saturated heterocycles. The predicted octanol–water partition coefficient (Wildman–Crippen LogP) is 4.12. The first-order valence-corrected chi connectivity index (χ1v) is 10.6. The first-order chi connectivity index (χ1) is 14.2. The molecule has 0 aliphatic heterocycles. The summed E-state index contributed by atoms with van der Waals surface area (Å²) >= 11 is 0. The van der Waals surface area contributed by atoms with E-state index in [1.54, 1.807) is 6.20 Å². The molecule has 1 fully saturated rings. The fourth-order valence-corrected chi connectivity index (χ4v) is 3.97. The van der Waals surface area contributed by atoms with E-state index < -0.39 is 0 Å². The largest absolute Gasteiger partial charge is 0.494 e. The molecular weight excluding hydrogens is 364 g/mol. The maximum Gasteiger partial charge on any atom is 0.177 e. The molecule has 4 rings (SSSR count). The van der Waals surface area contributed by atoms with Crippen LogP contribution in [0, 0.1) is 0 Å². The maximum atomic E-state index is 6.07. The molecule has 0 unspecified atom stereocenters. The van der Waals surface area contributed by atoms with Gasteiger partial charge in [-0.15, -0.1) is 5.10 Å². The molecule has 2 heterocycles. The number of rotatable bonds is 7. The number of nitrogens with zero attached hydrogens (tertiary/aromatic N) is 3. The van der Waals surface area contributed by atoms with Crippen LogP contribution in [-0.4, -0.2) is 33.3 Å². The quantitative estimate of drug-likeness (QED) is 0.559. The second-order valence-electron chi connectivity index (χ2n) is 7.59. The third-order valence-corrected chi connectivity index (χ3v) is 5.54. The predicted molar refractivity (Wildman–Crippen MR) is 117 cm³/mol. The van der Waals surface area contributed by atoms with Crippen LogP contribution >= 0.6 is 0 Å². The van der Waals surface area contributed by atoms with Crippen molar-refractivity contribution in [3.8, 4) is 5.75 Å². The Labute approximate surface area is 171 Å². The Balaban J connectivity index is 1.65. The summed E-state index contributed by atoms with van der Waals surface area (Å²) in [6.45, 7) is 4.80. The molecule has 7 nitrogen and oxygen atoms in total. The minimum absolute atomic E-state index is 0.333. The lowest BCUT2D eigenvalue weighted by atomic mass is 9.91. The Bertz CT molecular complexity index is 944. The van der Waals surface area contributed by atoms with E-state index in [1.165, 1.54) is 0 Å². The Hall–Kier alpha value is -2.80. The van der Waals surface area contributed by atoms with Crippen molar-refractivity contribution in [3.63, 3.8) is 0 Å². The molecule has 2 aromatic heterocycles. The van der Waals surface area contributed by atoms with E-state index in [2.05, 4.69) is 22.5 Å². The molecule has 1 aromatic carbocycles. The average molecular weight is 395 g/mol. The number of fused-ring (bicyclic) bond motifs is 1. The van der Waals surface area contributed by atoms with Gasteiger partial charge >= 0.3 is 0 Å². The van der Waals surface area contributed by atoms with Gasteiger partial charge in [0.1, 0.15) is 5.75 Å². The summed E-state index contributed by atoms with van der Waals surface area (Å²) in [5, 5.41) is 12.1. The van der Waals surface area contributed by atoms with E-state index in [1.807, 2.05) is 41.9 Å². The number of hydrogen-bond donors (Lipinski definition) is 3. The third kappa shape index (κ3) is 4.29. The van der Waals surface area contributed by atoms with Crippen LogP contribution in [0.2, 0.25) is 0 Å². The number of imidazole rings is 1. The number of ether oxygens (including phenoxy) is 1. The molecule has 4 N–H and O–H groups in total. The molecule has 0 amide bonds. The van der Waals surface area contributed by atoms with Gasteiger partial charge < -0.3 is 21.1 Å². The first-order valence-electron chi connectivity index (χ1n) is 10.6. The summed E-state index contributed by atoms with van der Waals surface area (Å²) in [5.41, 5.74) is 10.0.